The van der Waals surface area contributed by atoms with Gasteiger partial charge >= 0.3 is 0 Å². The number of rotatable bonds is 3. The number of carbonyl (C=O) groups is 2. The van der Waals surface area contributed by atoms with E-state index in [1.54, 1.807) is 7.11 Å². The zero-order valence-corrected chi connectivity index (χ0v) is 13.2. The highest BCUT2D eigenvalue weighted by atomic mass is 16.5. The van der Waals surface area contributed by atoms with Crippen LogP contribution in [-0.4, -0.2) is 25.5 Å². The maximum atomic E-state index is 12.5. The molecule has 0 aliphatic carbocycles. The number of hydrogen-bond donors (Lipinski definition) is 1. The van der Waals surface area contributed by atoms with Crippen LogP contribution in [0, 0.1) is 0 Å². The number of anilines is 1. The molecule has 24 heavy (non-hydrogen) atoms. The first-order chi connectivity index (χ1) is 11.7. The zero-order chi connectivity index (χ0) is 16.7. The van der Waals surface area contributed by atoms with Gasteiger partial charge in [-0.05, 0) is 23.6 Å². The predicted molar refractivity (Wildman–Crippen MR) is 90.6 cm³/mol. The second-order valence-electron chi connectivity index (χ2n) is 5.77. The molecule has 2 aromatic rings. The second kappa shape index (κ2) is 5.53. The summed E-state index contributed by atoms with van der Waals surface area (Å²) in [6.07, 6.45) is 0.826. The molecule has 0 spiro atoms. The summed E-state index contributed by atoms with van der Waals surface area (Å²) in [5.74, 6) is 0.0271. The van der Waals surface area contributed by atoms with Gasteiger partial charge in [0.25, 0.3) is 11.8 Å². The molecule has 0 radical (unpaired) electrons. The van der Waals surface area contributed by atoms with Gasteiger partial charge in [-0.1, -0.05) is 36.4 Å². The Hall–Kier alpha value is -3.08. The van der Waals surface area contributed by atoms with E-state index in [2.05, 4.69) is 5.32 Å². The molecule has 5 nitrogen and oxygen atoms in total. The number of benzene rings is 2. The van der Waals surface area contributed by atoms with E-state index in [4.69, 9.17) is 4.74 Å². The van der Waals surface area contributed by atoms with Crippen molar-refractivity contribution in [2.75, 3.05) is 18.6 Å². The molecule has 120 valence electrons. The zero-order valence-electron chi connectivity index (χ0n) is 13.2. The van der Waals surface area contributed by atoms with Gasteiger partial charge in [-0.2, -0.15) is 0 Å². The van der Waals surface area contributed by atoms with Crippen molar-refractivity contribution in [3.8, 4) is 5.75 Å². The van der Waals surface area contributed by atoms with Gasteiger partial charge in [0.2, 0.25) is 0 Å². The number of nitrogens with zero attached hydrogens (tertiary/aromatic N) is 1. The number of ether oxygens (including phenoxy) is 1. The first-order valence-corrected chi connectivity index (χ1v) is 7.79. The standard InChI is InChI=1S/C19H16N2O3/c1-24-14-8-7-12-9-10-21(15(12)11-14)17-16(18(22)20-19(17)23)13-5-3-2-4-6-13/h2-8,11H,9-10H2,1H3,(H,20,22,23). The topological polar surface area (TPSA) is 58.6 Å². The van der Waals surface area contributed by atoms with E-state index in [0.29, 0.717) is 17.8 Å². The average molecular weight is 320 g/mol. The Morgan fingerprint density at radius 2 is 1.83 bits per heavy atom. The fraction of sp³-hybridized carbons (Fsp3) is 0.158. The third-order valence-corrected chi connectivity index (χ3v) is 4.43. The lowest BCUT2D eigenvalue weighted by atomic mass is 10.0. The van der Waals surface area contributed by atoms with Crippen molar-refractivity contribution in [2.45, 2.75) is 6.42 Å². The van der Waals surface area contributed by atoms with E-state index >= 15 is 0 Å². The lowest BCUT2D eigenvalue weighted by Gasteiger charge is -2.20. The number of hydrogen-bond acceptors (Lipinski definition) is 4. The molecule has 2 aromatic carbocycles. The Morgan fingerprint density at radius 3 is 2.58 bits per heavy atom. The number of amides is 2. The molecule has 1 N–H and O–H groups in total. The van der Waals surface area contributed by atoms with Crippen molar-refractivity contribution in [1.82, 2.24) is 5.32 Å². The van der Waals surface area contributed by atoms with Crippen molar-refractivity contribution in [3.05, 3.63) is 65.4 Å². The first-order valence-electron chi connectivity index (χ1n) is 7.79. The highest BCUT2D eigenvalue weighted by molar-refractivity contribution is 6.37. The van der Waals surface area contributed by atoms with Crippen molar-refractivity contribution in [3.63, 3.8) is 0 Å². The fourth-order valence-corrected chi connectivity index (χ4v) is 3.29. The van der Waals surface area contributed by atoms with E-state index in [-0.39, 0.29) is 11.8 Å². The monoisotopic (exact) mass is 320 g/mol. The Bertz CT molecular complexity index is 871. The summed E-state index contributed by atoms with van der Waals surface area (Å²) >= 11 is 0. The normalized spacial score (nSPS) is 16.5. The number of imide groups is 1. The summed E-state index contributed by atoms with van der Waals surface area (Å²) in [5, 5.41) is 2.43. The van der Waals surface area contributed by atoms with Crippen LogP contribution in [-0.2, 0) is 16.0 Å². The van der Waals surface area contributed by atoms with Crippen molar-refractivity contribution in [1.29, 1.82) is 0 Å². The van der Waals surface area contributed by atoms with E-state index < -0.39 is 0 Å². The third kappa shape index (κ3) is 2.17. The predicted octanol–water partition coefficient (Wildman–Crippen LogP) is 2.13. The average Bonchev–Trinajstić information content (AvgIpc) is 3.14. The molecule has 5 heteroatoms. The van der Waals surface area contributed by atoms with E-state index in [1.165, 1.54) is 0 Å². The quantitative estimate of drug-likeness (QED) is 0.880. The summed E-state index contributed by atoms with van der Waals surface area (Å²) in [6, 6.07) is 15.1. The summed E-state index contributed by atoms with van der Waals surface area (Å²) in [6.45, 7) is 0.662. The van der Waals surface area contributed by atoms with Gasteiger partial charge in [0, 0.05) is 18.3 Å². The summed E-state index contributed by atoms with van der Waals surface area (Å²) in [7, 11) is 1.61. The van der Waals surface area contributed by atoms with Gasteiger partial charge in [0.15, 0.2) is 0 Å². The van der Waals surface area contributed by atoms with Crippen LogP contribution in [0.4, 0.5) is 5.69 Å². The molecule has 0 atom stereocenters. The maximum absolute atomic E-state index is 12.5. The molecular formula is C19H16N2O3. The summed E-state index contributed by atoms with van der Waals surface area (Å²) in [5.41, 5.74) is 3.65. The Morgan fingerprint density at radius 1 is 1.04 bits per heavy atom. The molecule has 2 aliphatic rings. The Balaban J connectivity index is 1.88. The molecule has 0 fully saturated rings. The number of methoxy groups -OCH3 is 1. The van der Waals surface area contributed by atoms with E-state index in [1.807, 2.05) is 53.4 Å². The van der Waals surface area contributed by atoms with Gasteiger partial charge in [-0.15, -0.1) is 0 Å². The van der Waals surface area contributed by atoms with Crippen molar-refractivity contribution < 1.29 is 14.3 Å². The number of fused-ring (bicyclic) bond motifs is 1. The highest BCUT2D eigenvalue weighted by Gasteiger charge is 2.37. The lowest BCUT2D eigenvalue weighted by molar-refractivity contribution is -0.123. The Kier molecular flexibility index (Phi) is 3.34. The van der Waals surface area contributed by atoms with Gasteiger partial charge in [0.05, 0.1) is 12.7 Å². The molecule has 2 heterocycles. The fourth-order valence-electron chi connectivity index (χ4n) is 3.29. The second-order valence-corrected chi connectivity index (χ2v) is 5.77. The molecular weight excluding hydrogens is 304 g/mol. The smallest absolute Gasteiger partial charge is 0.275 e. The SMILES string of the molecule is COc1ccc2c(c1)N(C1=C(c3ccccc3)C(=O)NC1=O)CC2. The maximum Gasteiger partial charge on any atom is 0.275 e. The van der Waals surface area contributed by atoms with Crippen LogP contribution in [0.15, 0.2) is 54.2 Å². The Labute approximate surface area is 139 Å². The number of carbonyl (C=O) groups excluding carboxylic acids is 2. The van der Waals surface area contributed by atoms with Crippen LogP contribution in [0.1, 0.15) is 11.1 Å². The molecule has 0 unspecified atom stereocenters. The van der Waals surface area contributed by atoms with Crippen LogP contribution >= 0.6 is 0 Å². The third-order valence-electron chi connectivity index (χ3n) is 4.43. The minimum absolute atomic E-state index is 0.349. The van der Waals surface area contributed by atoms with Gasteiger partial charge in [0.1, 0.15) is 11.4 Å². The van der Waals surface area contributed by atoms with Gasteiger partial charge < -0.3 is 9.64 Å². The number of nitrogens with one attached hydrogen (secondary N) is 1. The van der Waals surface area contributed by atoms with Crippen molar-refractivity contribution >= 4 is 23.1 Å². The molecule has 0 aromatic heterocycles. The molecule has 4 rings (SSSR count). The molecule has 0 bridgehead atoms. The minimum atomic E-state index is -0.352. The van der Waals surface area contributed by atoms with E-state index in [9.17, 15) is 9.59 Å². The van der Waals surface area contributed by atoms with Crippen LogP contribution in [0.2, 0.25) is 0 Å². The van der Waals surface area contributed by atoms with Gasteiger partial charge in [-0.3, -0.25) is 14.9 Å². The molecule has 0 saturated carbocycles. The van der Waals surface area contributed by atoms with Crippen LogP contribution < -0.4 is 15.0 Å². The summed E-state index contributed by atoms with van der Waals surface area (Å²) < 4.78 is 5.30. The van der Waals surface area contributed by atoms with E-state index in [0.717, 1.165) is 29.0 Å². The largest absolute Gasteiger partial charge is 0.497 e. The highest BCUT2D eigenvalue weighted by Crippen LogP contribution is 2.37. The molecule has 0 saturated heterocycles. The van der Waals surface area contributed by atoms with Crippen LogP contribution in [0.25, 0.3) is 5.57 Å². The molecule has 2 aliphatic heterocycles. The summed E-state index contributed by atoms with van der Waals surface area (Å²) in [4.78, 5) is 26.7. The van der Waals surface area contributed by atoms with Crippen molar-refractivity contribution in [2.24, 2.45) is 0 Å². The van der Waals surface area contributed by atoms with Crippen LogP contribution in [0.5, 0.6) is 5.75 Å². The van der Waals surface area contributed by atoms with Crippen LogP contribution in [0.3, 0.4) is 0 Å². The van der Waals surface area contributed by atoms with Gasteiger partial charge in [-0.25, -0.2) is 0 Å². The first kappa shape index (κ1) is 14.5. The molecule has 2 amide bonds. The minimum Gasteiger partial charge on any atom is -0.497 e. The lowest BCUT2D eigenvalue weighted by Crippen LogP contribution is -2.29.